The van der Waals surface area contributed by atoms with Crippen molar-refractivity contribution in [1.29, 1.82) is 0 Å². The van der Waals surface area contributed by atoms with Gasteiger partial charge >= 0.3 is 0 Å². The third-order valence-electron chi connectivity index (χ3n) is 2.69. The SMILES string of the molecule is CCC(C)C(N)Cc1ccncc1Cl. The number of pyridine rings is 1. The van der Waals surface area contributed by atoms with Gasteiger partial charge in [-0.1, -0.05) is 31.9 Å². The lowest BCUT2D eigenvalue weighted by Gasteiger charge is -2.18. The van der Waals surface area contributed by atoms with Crippen molar-refractivity contribution in [1.82, 2.24) is 4.98 Å². The first-order valence-corrected chi connectivity index (χ1v) is 5.37. The number of nitrogens with zero attached hydrogens (tertiary/aromatic N) is 1. The number of nitrogens with two attached hydrogens (primary N) is 1. The molecule has 1 heterocycles. The molecule has 0 aliphatic carbocycles. The van der Waals surface area contributed by atoms with Crippen molar-refractivity contribution in [2.45, 2.75) is 32.7 Å². The minimum atomic E-state index is 0.180. The van der Waals surface area contributed by atoms with E-state index in [1.165, 1.54) is 0 Å². The summed E-state index contributed by atoms with van der Waals surface area (Å²) in [4.78, 5) is 3.94. The van der Waals surface area contributed by atoms with Gasteiger partial charge in [0.15, 0.2) is 0 Å². The molecular weight excluding hydrogens is 196 g/mol. The van der Waals surface area contributed by atoms with Gasteiger partial charge in [0.25, 0.3) is 0 Å². The van der Waals surface area contributed by atoms with Crippen LogP contribution in [0.25, 0.3) is 0 Å². The van der Waals surface area contributed by atoms with E-state index in [9.17, 15) is 0 Å². The highest BCUT2D eigenvalue weighted by molar-refractivity contribution is 6.31. The van der Waals surface area contributed by atoms with Crippen LogP contribution in [0.1, 0.15) is 25.8 Å². The number of rotatable bonds is 4. The second kappa shape index (κ2) is 5.32. The van der Waals surface area contributed by atoms with Crippen LogP contribution in [0.15, 0.2) is 18.5 Å². The predicted octanol–water partition coefficient (Wildman–Crippen LogP) is 2.65. The van der Waals surface area contributed by atoms with Gasteiger partial charge in [-0.25, -0.2) is 0 Å². The zero-order valence-corrected chi connectivity index (χ0v) is 9.46. The molecule has 1 rings (SSSR count). The highest BCUT2D eigenvalue weighted by Crippen LogP contribution is 2.18. The molecule has 0 aliphatic rings. The van der Waals surface area contributed by atoms with Crippen LogP contribution in [0.5, 0.6) is 0 Å². The molecule has 0 spiro atoms. The fourth-order valence-corrected chi connectivity index (χ4v) is 1.52. The first-order chi connectivity index (χ1) is 6.65. The zero-order valence-electron chi connectivity index (χ0n) is 8.70. The van der Waals surface area contributed by atoms with E-state index in [2.05, 4.69) is 18.8 Å². The second-order valence-corrected chi connectivity index (χ2v) is 4.13. The molecule has 2 unspecified atom stereocenters. The molecule has 2 N–H and O–H groups in total. The topological polar surface area (TPSA) is 38.9 Å². The molecule has 0 bridgehead atoms. The molecule has 78 valence electrons. The van der Waals surface area contributed by atoms with E-state index >= 15 is 0 Å². The van der Waals surface area contributed by atoms with Gasteiger partial charge < -0.3 is 5.73 Å². The molecule has 0 saturated heterocycles. The van der Waals surface area contributed by atoms with E-state index in [1.807, 2.05) is 6.07 Å². The van der Waals surface area contributed by atoms with E-state index in [0.717, 1.165) is 18.4 Å². The Hall–Kier alpha value is -0.600. The normalized spacial score (nSPS) is 15.1. The third kappa shape index (κ3) is 2.96. The Balaban J connectivity index is 2.64. The summed E-state index contributed by atoms with van der Waals surface area (Å²) >= 11 is 6.00. The largest absolute Gasteiger partial charge is 0.327 e. The molecule has 2 nitrogen and oxygen atoms in total. The molecule has 1 aromatic rings. The molecule has 2 atom stereocenters. The van der Waals surface area contributed by atoms with E-state index in [-0.39, 0.29) is 6.04 Å². The van der Waals surface area contributed by atoms with Crippen LogP contribution in [-0.2, 0) is 6.42 Å². The van der Waals surface area contributed by atoms with Crippen LogP contribution in [0, 0.1) is 5.92 Å². The minimum Gasteiger partial charge on any atom is -0.327 e. The van der Waals surface area contributed by atoms with Gasteiger partial charge in [0.1, 0.15) is 0 Å². The Morgan fingerprint density at radius 2 is 2.29 bits per heavy atom. The van der Waals surface area contributed by atoms with Crippen molar-refractivity contribution in [2.24, 2.45) is 11.7 Å². The summed E-state index contributed by atoms with van der Waals surface area (Å²) in [5.74, 6) is 0.527. The Labute approximate surface area is 90.5 Å². The Morgan fingerprint density at radius 1 is 1.57 bits per heavy atom. The highest BCUT2D eigenvalue weighted by atomic mass is 35.5. The fraction of sp³-hybridized carbons (Fsp3) is 0.545. The Kier molecular flexibility index (Phi) is 4.36. The van der Waals surface area contributed by atoms with Crippen molar-refractivity contribution in [3.8, 4) is 0 Å². The summed E-state index contributed by atoms with van der Waals surface area (Å²) < 4.78 is 0. The van der Waals surface area contributed by atoms with E-state index in [4.69, 9.17) is 17.3 Å². The van der Waals surface area contributed by atoms with Crippen LogP contribution in [0.2, 0.25) is 5.02 Å². The van der Waals surface area contributed by atoms with Crippen molar-refractivity contribution >= 4 is 11.6 Å². The number of aromatic nitrogens is 1. The van der Waals surface area contributed by atoms with Crippen molar-refractivity contribution in [3.05, 3.63) is 29.0 Å². The maximum Gasteiger partial charge on any atom is 0.0621 e. The van der Waals surface area contributed by atoms with Crippen molar-refractivity contribution in [3.63, 3.8) is 0 Å². The van der Waals surface area contributed by atoms with Gasteiger partial charge in [-0.3, -0.25) is 4.98 Å². The lowest BCUT2D eigenvalue weighted by atomic mass is 9.94. The number of hydrogen-bond acceptors (Lipinski definition) is 2. The average Bonchev–Trinajstić information content (AvgIpc) is 2.20. The Bertz CT molecular complexity index is 288. The third-order valence-corrected chi connectivity index (χ3v) is 3.03. The molecule has 0 aliphatic heterocycles. The maximum atomic E-state index is 6.05. The first kappa shape index (κ1) is 11.5. The summed E-state index contributed by atoms with van der Waals surface area (Å²) in [6.45, 7) is 4.32. The summed E-state index contributed by atoms with van der Waals surface area (Å²) in [6.07, 6.45) is 5.35. The quantitative estimate of drug-likeness (QED) is 0.834. The number of hydrogen-bond donors (Lipinski definition) is 1. The lowest BCUT2D eigenvalue weighted by molar-refractivity contribution is 0.440. The summed E-state index contributed by atoms with van der Waals surface area (Å²) in [5, 5.41) is 0.714. The van der Waals surface area contributed by atoms with Gasteiger partial charge in [0, 0.05) is 18.4 Å². The summed E-state index contributed by atoms with van der Waals surface area (Å²) in [5.41, 5.74) is 7.14. The molecule has 1 aromatic heterocycles. The molecule has 0 aromatic carbocycles. The number of halogens is 1. The van der Waals surface area contributed by atoms with E-state index < -0.39 is 0 Å². The predicted molar refractivity (Wildman–Crippen MR) is 60.4 cm³/mol. The zero-order chi connectivity index (χ0) is 10.6. The van der Waals surface area contributed by atoms with Crippen molar-refractivity contribution in [2.75, 3.05) is 0 Å². The second-order valence-electron chi connectivity index (χ2n) is 3.72. The van der Waals surface area contributed by atoms with Crippen LogP contribution >= 0.6 is 11.6 Å². The molecule has 0 saturated carbocycles. The average molecular weight is 213 g/mol. The monoisotopic (exact) mass is 212 g/mol. The standard InChI is InChI=1S/C11H17ClN2/c1-3-8(2)11(13)6-9-4-5-14-7-10(9)12/h4-5,7-8,11H,3,6,13H2,1-2H3. The van der Waals surface area contributed by atoms with Gasteiger partial charge in [0.05, 0.1) is 5.02 Å². The van der Waals surface area contributed by atoms with Gasteiger partial charge in [-0.15, -0.1) is 0 Å². The fourth-order valence-electron chi connectivity index (χ4n) is 1.33. The first-order valence-electron chi connectivity index (χ1n) is 4.99. The van der Waals surface area contributed by atoms with Gasteiger partial charge in [-0.05, 0) is 24.0 Å². The smallest absolute Gasteiger partial charge is 0.0621 e. The summed E-state index contributed by atoms with van der Waals surface area (Å²) in [6, 6.07) is 2.12. The van der Waals surface area contributed by atoms with Crippen LogP contribution in [0.4, 0.5) is 0 Å². The molecule has 0 fully saturated rings. The van der Waals surface area contributed by atoms with Gasteiger partial charge in [0.2, 0.25) is 0 Å². The summed E-state index contributed by atoms with van der Waals surface area (Å²) in [7, 11) is 0. The molecule has 3 heteroatoms. The maximum absolute atomic E-state index is 6.05. The van der Waals surface area contributed by atoms with E-state index in [0.29, 0.717) is 10.9 Å². The Morgan fingerprint density at radius 3 is 2.86 bits per heavy atom. The van der Waals surface area contributed by atoms with E-state index in [1.54, 1.807) is 12.4 Å². The van der Waals surface area contributed by atoms with Gasteiger partial charge in [-0.2, -0.15) is 0 Å². The van der Waals surface area contributed by atoms with Crippen molar-refractivity contribution < 1.29 is 0 Å². The molecule has 0 radical (unpaired) electrons. The van der Waals surface area contributed by atoms with Crippen LogP contribution in [0.3, 0.4) is 0 Å². The minimum absolute atomic E-state index is 0.180. The molecule has 0 amide bonds. The lowest BCUT2D eigenvalue weighted by Crippen LogP contribution is -2.30. The molecular formula is C11H17ClN2. The highest BCUT2D eigenvalue weighted by Gasteiger charge is 2.12. The van der Waals surface area contributed by atoms with Crippen LogP contribution in [-0.4, -0.2) is 11.0 Å². The molecule has 14 heavy (non-hydrogen) atoms. The van der Waals surface area contributed by atoms with Crippen LogP contribution < -0.4 is 5.73 Å².